The van der Waals surface area contributed by atoms with Gasteiger partial charge in [-0.15, -0.1) is 0 Å². The highest BCUT2D eigenvalue weighted by Crippen LogP contribution is 2.42. The number of carbonyl (C=O) groups excluding carboxylic acids is 3. The van der Waals surface area contributed by atoms with E-state index in [2.05, 4.69) is 51.2 Å². The number of amides is 3. The van der Waals surface area contributed by atoms with E-state index in [1.54, 1.807) is 16.9 Å². The Balaban J connectivity index is 0.808. The number of nitrogens with zero attached hydrogens (tertiary/aromatic N) is 6. The Bertz CT molecular complexity index is 2140. The van der Waals surface area contributed by atoms with Gasteiger partial charge >= 0.3 is 6.18 Å². The van der Waals surface area contributed by atoms with E-state index in [4.69, 9.17) is 10.00 Å². The molecule has 3 atom stereocenters. The van der Waals surface area contributed by atoms with Crippen LogP contribution >= 0.6 is 0 Å². The molecule has 4 fully saturated rings. The second-order valence-electron chi connectivity index (χ2n) is 16.6. The van der Waals surface area contributed by atoms with Crippen molar-refractivity contribution in [2.24, 2.45) is 11.8 Å². The molecule has 1 unspecified atom stereocenters. The molecule has 0 aromatic heterocycles. The molecule has 0 bridgehead atoms. The fourth-order valence-electron chi connectivity index (χ4n) is 9.90. The summed E-state index contributed by atoms with van der Waals surface area (Å²) < 4.78 is 61.7. The van der Waals surface area contributed by atoms with E-state index in [0.717, 1.165) is 76.0 Å². The van der Waals surface area contributed by atoms with E-state index in [-0.39, 0.29) is 35.8 Å². The number of methoxy groups -OCH3 is 1. The standard InChI is InChI=1S/C44H49F4N7O4/c1-27-24-54(35-8-5-30(23-49)40(41(35)45)44(46,47)48)16-13-34(27)29-3-6-32(7-4-29)52-14-11-28(12-15-52)25-51-17-19-53(20-18-51)33-21-31-26-55(36-9-10-38(56)50-42(36)57)43(58)39(31)37(22-33)59-2/h3-8,21-22,27-28,34,36H,9-20,24-26H2,1-2H3,(H,50,56,57)/t27-,34+,36?/m0/s1. The summed E-state index contributed by atoms with van der Waals surface area (Å²) in [6, 6.07) is 15.8. The zero-order chi connectivity index (χ0) is 41.6. The number of carbonyl (C=O) groups is 3. The largest absolute Gasteiger partial charge is 0.496 e. The van der Waals surface area contributed by atoms with Gasteiger partial charge in [-0.3, -0.25) is 24.6 Å². The number of anilines is 3. The van der Waals surface area contributed by atoms with Gasteiger partial charge in [0, 0.05) is 89.3 Å². The summed E-state index contributed by atoms with van der Waals surface area (Å²) in [6.45, 7) is 9.72. The molecule has 0 aliphatic carbocycles. The van der Waals surface area contributed by atoms with Crippen LogP contribution in [0.1, 0.15) is 77.6 Å². The molecule has 5 heterocycles. The van der Waals surface area contributed by atoms with Crippen LogP contribution in [0.3, 0.4) is 0 Å². The Hall–Kier alpha value is -5.36. The molecule has 5 aliphatic heterocycles. The van der Waals surface area contributed by atoms with Crippen molar-refractivity contribution in [3.63, 3.8) is 0 Å². The summed E-state index contributed by atoms with van der Waals surface area (Å²) in [5, 5.41) is 11.5. The lowest BCUT2D eigenvalue weighted by molar-refractivity contribution is -0.140. The maximum absolute atomic E-state index is 15.2. The maximum atomic E-state index is 15.2. The normalized spacial score (nSPS) is 23.3. The van der Waals surface area contributed by atoms with E-state index in [1.807, 2.05) is 12.1 Å². The van der Waals surface area contributed by atoms with Crippen molar-refractivity contribution in [3.05, 3.63) is 82.2 Å². The molecule has 312 valence electrons. The number of hydrogen-bond donors (Lipinski definition) is 1. The SMILES string of the molecule is COc1cc(N2CCN(CC3CCN(c4ccc([C@@H]5CCN(c6ccc(C#N)c(C(F)(F)F)c6F)C[C@@H]5C)cc4)CC3)CC2)cc2c1C(=O)N(C1CCC(=O)NC1=O)C2. The van der Waals surface area contributed by atoms with Crippen LogP contribution in [0, 0.1) is 29.0 Å². The van der Waals surface area contributed by atoms with E-state index in [9.17, 15) is 27.6 Å². The summed E-state index contributed by atoms with van der Waals surface area (Å²) in [4.78, 5) is 48.2. The second-order valence-corrected chi connectivity index (χ2v) is 16.6. The minimum Gasteiger partial charge on any atom is -0.496 e. The molecule has 11 nitrogen and oxygen atoms in total. The van der Waals surface area contributed by atoms with E-state index < -0.39 is 35.1 Å². The number of benzene rings is 3. The van der Waals surface area contributed by atoms with Crippen LogP contribution in [0.25, 0.3) is 0 Å². The fraction of sp³-hybridized carbons (Fsp3) is 0.500. The summed E-state index contributed by atoms with van der Waals surface area (Å²) >= 11 is 0. The number of hydrogen-bond acceptors (Lipinski definition) is 9. The predicted octanol–water partition coefficient (Wildman–Crippen LogP) is 6.15. The summed E-state index contributed by atoms with van der Waals surface area (Å²) in [5.74, 6) is -0.991. The number of ether oxygens (including phenoxy) is 1. The minimum absolute atomic E-state index is 0.0799. The highest BCUT2D eigenvalue weighted by molar-refractivity contribution is 6.06. The first-order chi connectivity index (χ1) is 28.3. The minimum atomic E-state index is -4.95. The van der Waals surface area contributed by atoms with E-state index in [1.165, 1.54) is 23.4 Å². The van der Waals surface area contributed by atoms with Gasteiger partial charge in [0.05, 0.1) is 30.0 Å². The number of rotatable bonds is 8. The first-order valence-electron chi connectivity index (χ1n) is 20.6. The van der Waals surface area contributed by atoms with Crippen molar-refractivity contribution in [2.75, 3.05) is 80.7 Å². The topological polar surface area (TPSA) is 112 Å². The monoisotopic (exact) mass is 815 g/mol. The lowest BCUT2D eigenvalue weighted by Crippen LogP contribution is -2.52. The first kappa shape index (κ1) is 40.4. The summed E-state index contributed by atoms with van der Waals surface area (Å²) in [5.41, 5.74) is 2.36. The van der Waals surface area contributed by atoms with E-state index >= 15 is 4.39 Å². The molecule has 0 radical (unpaired) electrons. The molecule has 4 saturated heterocycles. The number of nitrogens with one attached hydrogen (secondary N) is 1. The lowest BCUT2D eigenvalue weighted by atomic mass is 9.81. The van der Waals surface area contributed by atoms with Crippen LogP contribution in [0.4, 0.5) is 34.6 Å². The van der Waals surface area contributed by atoms with Gasteiger partial charge < -0.3 is 24.3 Å². The third-order valence-electron chi connectivity index (χ3n) is 13.1. The van der Waals surface area contributed by atoms with Crippen LogP contribution in [0.15, 0.2) is 48.5 Å². The lowest BCUT2D eigenvalue weighted by Gasteiger charge is -2.40. The smallest absolute Gasteiger partial charge is 0.420 e. The number of fused-ring (bicyclic) bond motifs is 1. The molecule has 3 aromatic rings. The van der Waals surface area contributed by atoms with Gasteiger partial charge in [-0.1, -0.05) is 19.1 Å². The average Bonchev–Trinajstić information content (AvgIpc) is 3.55. The van der Waals surface area contributed by atoms with Gasteiger partial charge in [0.2, 0.25) is 11.8 Å². The summed E-state index contributed by atoms with van der Waals surface area (Å²) in [6.07, 6.45) is -1.57. The van der Waals surface area contributed by atoms with Crippen molar-refractivity contribution < 1.29 is 36.7 Å². The Morgan fingerprint density at radius 1 is 0.864 bits per heavy atom. The van der Waals surface area contributed by atoms with Gasteiger partial charge in [-0.2, -0.15) is 18.4 Å². The molecule has 1 N–H and O–H groups in total. The Kier molecular flexibility index (Phi) is 11.2. The average molecular weight is 816 g/mol. The van der Waals surface area contributed by atoms with Gasteiger partial charge in [-0.25, -0.2) is 4.39 Å². The predicted molar refractivity (Wildman–Crippen MR) is 214 cm³/mol. The molecule has 8 rings (SSSR count). The van der Waals surface area contributed by atoms with Crippen LogP contribution in [-0.2, 0) is 22.3 Å². The molecule has 5 aliphatic rings. The van der Waals surface area contributed by atoms with Crippen molar-refractivity contribution in [3.8, 4) is 11.8 Å². The summed E-state index contributed by atoms with van der Waals surface area (Å²) in [7, 11) is 1.56. The Labute approximate surface area is 341 Å². The Morgan fingerprint density at radius 3 is 2.20 bits per heavy atom. The molecule has 3 amide bonds. The van der Waals surface area contributed by atoms with Crippen molar-refractivity contribution in [1.82, 2.24) is 15.1 Å². The second kappa shape index (κ2) is 16.4. The molecular weight excluding hydrogens is 767 g/mol. The van der Waals surface area contributed by atoms with Gasteiger partial charge in [0.25, 0.3) is 5.91 Å². The number of halogens is 4. The maximum Gasteiger partial charge on any atom is 0.420 e. The zero-order valence-corrected chi connectivity index (χ0v) is 33.4. The number of alkyl halides is 3. The number of piperazine rings is 1. The fourth-order valence-corrected chi connectivity index (χ4v) is 9.90. The van der Waals surface area contributed by atoms with Crippen LogP contribution in [-0.4, -0.2) is 99.6 Å². The van der Waals surface area contributed by atoms with Gasteiger partial charge in [-0.05, 0) is 84.9 Å². The number of nitriles is 1. The molecule has 3 aromatic carbocycles. The highest BCUT2D eigenvalue weighted by Gasteiger charge is 2.42. The zero-order valence-electron chi connectivity index (χ0n) is 33.4. The Morgan fingerprint density at radius 2 is 1.56 bits per heavy atom. The van der Waals surface area contributed by atoms with Crippen molar-refractivity contribution in [2.45, 2.75) is 63.7 Å². The number of imide groups is 1. The first-order valence-corrected chi connectivity index (χ1v) is 20.6. The van der Waals surface area contributed by atoms with Crippen LogP contribution < -0.4 is 24.8 Å². The van der Waals surface area contributed by atoms with Crippen LogP contribution in [0.5, 0.6) is 5.75 Å². The third-order valence-corrected chi connectivity index (χ3v) is 13.1. The molecular formula is C44H49F4N7O4. The molecule has 0 saturated carbocycles. The number of piperidine rings is 3. The molecule has 0 spiro atoms. The van der Waals surface area contributed by atoms with Gasteiger partial charge in [0.1, 0.15) is 17.4 Å². The quantitative estimate of drug-likeness (QED) is 0.211. The van der Waals surface area contributed by atoms with E-state index in [0.29, 0.717) is 49.7 Å². The molecule has 15 heteroatoms. The third kappa shape index (κ3) is 8.03. The highest BCUT2D eigenvalue weighted by atomic mass is 19.4. The molecule has 59 heavy (non-hydrogen) atoms. The van der Waals surface area contributed by atoms with Crippen molar-refractivity contribution in [1.29, 1.82) is 5.26 Å². The van der Waals surface area contributed by atoms with Gasteiger partial charge in [0.15, 0.2) is 5.82 Å². The van der Waals surface area contributed by atoms with Crippen molar-refractivity contribution >= 4 is 34.8 Å². The van der Waals surface area contributed by atoms with Crippen LogP contribution in [0.2, 0.25) is 0 Å².